The van der Waals surface area contributed by atoms with Crippen molar-refractivity contribution in [2.45, 2.75) is 31.8 Å². The Hall–Kier alpha value is -1.16. The molecule has 0 aliphatic carbocycles. The molecule has 94 valence electrons. The van der Waals surface area contributed by atoms with E-state index in [2.05, 4.69) is 0 Å². The standard InChI is InChI=1S/C13H20N2O2/c1-9(2)10-11(16)13(12(17)15(10)4)7-5-6-8-14(13)3/h5-6,9-10H,7-8H2,1-4H3/t10-,13+/m1/s1. The molecule has 1 amide bonds. The molecule has 2 aliphatic rings. The number of rotatable bonds is 1. The van der Waals surface area contributed by atoms with Gasteiger partial charge in [0, 0.05) is 20.0 Å². The van der Waals surface area contributed by atoms with E-state index in [9.17, 15) is 9.59 Å². The molecule has 17 heavy (non-hydrogen) atoms. The molecule has 0 bridgehead atoms. The Morgan fingerprint density at radius 1 is 1.29 bits per heavy atom. The molecule has 0 N–H and O–H groups in total. The Kier molecular flexibility index (Phi) is 2.86. The fourth-order valence-corrected chi connectivity index (χ4v) is 3.03. The van der Waals surface area contributed by atoms with Crippen LogP contribution in [0.4, 0.5) is 0 Å². The molecular weight excluding hydrogens is 216 g/mol. The molecule has 2 aliphatic heterocycles. The van der Waals surface area contributed by atoms with Gasteiger partial charge in [-0.1, -0.05) is 26.0 Å². The maximum absolute atomic E-state index is 12.6. The van der Waals surface area contributed by atoms with Crippen molar-refractivity contribution in [1.82, 2.24) is 9.80 Å². The second-order valence-electron chi connectivity index (χ2n) is 5.39. The summed E-state index contributed by atoms with van der Waals surface area (Å²) >= 11 is 0. The Morgan fingerprint density at radius 2 is 1.94 bits per heavy atom. The number of ketones is 1. The summed E-state index contributed by atoms with van der Waals surface area (Å²) in [7, 11) is 3.60. The van der Waals surface area contributed by atoms with Crippen LogP contribution in [0.25, 0.3) is 0 Å². The molecule has 2 rings (SSSR count). The minimum Gasteiger partial charge on any atom is -0.333 e. The van der Waals surface area contributed by atoms with E-state index in [0.717, 1.165) is 0 Å². The van der Waals surface area contributed by atoms with Gasteiger partial charge in [-0.2, -0.15) is 0 Å². The number of likely N-dealkylation sites (N-methyl/N-ethyl adjacent to an activating group) is 2. The van der Waals surface area contributed by atoms with E-state index in [-0.39, 0.29) is 23.7 Å². The normalized spacial score (nSPS) is 34.4. The zero-order chi connectivity index (χ0) is 12.8. The zero-order valence-electron chi connectivity index (χ0n) is 10.9. The predicted molar refractivity (Wildman–Crippen MR) is 65.5 cm³/mol. The average Bonchev–Trinajstić information content (AvgIpc) is 2.45. The lowest BCUT2D eigenvalue weighted by Crippen LogP contribution is -2.57. The summed E-state index contributed by atoms with van der Waals surface area (Å²) < 4.78 is 0. The van der Waals surface area contributed by atoms with Crippen LogP contribution in [0.1, 0.15) is 20.3 Å². The number of nitrogens with zero attached hydrogens (tertiary/aromatic N) is 2. The summed E-state index contributed by atoms with van der Waals surface area (Å²) in [5.74, 6) is 0.176. The monoisotopic (exact) mass is 236 g/mol. The maximum atomic E-state index is 12.6. The molecular formula is C13H20N2O2. The van der Waals surface area contributed by atoms with Crippen LogP contribution in [-0.2, 0) is 9.59 Å². The van der Waals surface area contributed by atoms with Crippen LogP contribution >= 0.6 is 0 Å². The molecule has 1 saturated heterocycles. The summed E-state index contributed by atoms with van der Waals surface area (Å²) in [6, 6.07) is -0.281. The van der Waals surface area contributed by atoms with Crippen LogP contribution in [0.5, 0.6) is 0 Å². The highest BCUT2D eigenvalue weighted by atomic mass is 16.2. The average molecular weight is 236 g/mol. The molecule has 1 fully saturated rings. The highest BCUT2D eigenvalue weighted by Gasteiger charge is 2.60. The van der Waals surface area contributed by atoms with Crippen LogP contribution < -0.4 is 0 Å². The van der Waals surface area contributed by atoms with Crippen LogP contribution in [0.3, 0.4) is 0 Å². The summed E-state index contributed by atoms with van der Waals surface area (Å²) in [5.41, 5.74) is -0.932. The number of Topliss-reactive ketones (excluding diaryl/α,β-unsaturated/α-hetero) is 1. The molecule has 0 aromatic carbocycles. The summed E-state index contributed by atoms with van der Waals surface area (Å²) in [6.07, 6.45) is 4.47. The summed E-state index contributed by atoms with van der Waals surface area (Å²) in [4.78, 5) is 28.6. The van der Waals surface area contributed by atoms with Gasteiger partial charge in [-0.3, -0.25) is 14.5 Å². The molecule has 0 aromatic rings. The Labute approximate surface area is 102 Å². The number of likely N-dealkylation sites (tertiary alicyclic amines) is 1. The molecule has 0 aromatic heterocycles. The SMILES string of the molecule is CC(C)[C@@H]1C(=O)[C@@]2(CC=CCN2C)C(=O)N1C. The minimum atomic E-state index is -0.932. The van der Waals surface area contributed by atoms with E-state index in [1.54, 1.807) is 11.9 Å². The summed E-state index contributed by atoms with van der Waals surface area (Å²) in [6.45, 7) is 4.64. The number of hydrogen-bond donors (Lipinski definition) is 0. The van der Waals surface area contributed by atoms with Crippen molar-refractivity contribution in [3.8, 4) is 0 Å². The number of carbonyl (C=O) groups excluding carboxylic acids is 2. The van der Waals surface area contributed by atoms with Crippen molar-refractivity contribution in [3.05, 3.63) is 12.2 Å². The molecule has 0 unspecified atom stereocenters. The predicted octanol–water partition coefficient (Wildman–Crippen LogP) is 0.683. The van der Waals surface area contributed by atoms with E-state index in [0.29, 0.717) is 13.0 Å². The molecule has 1 spiro atoms. The van der Waals surface area contributed by atoms with Gasteiger partial charge in [-0.05, 0) is 13.0 Å². The highest BCUT2D eigenvalue weighted by Crippen LogP contribution is 2.36. The van der Waals surface area contributed by atoms with Crippen molar-refractivity contribution in [2.75, 3.05) is 20.6 Å². The minimum absolute atomic E-state index is 0.0481. The van der Waals surface area contributed by atoms with Crippen molar-refractivity contribution < 1.29 is 9.59 Å². The first-order valence-electron chi connectivity index (χ1n) is 6.10. The number of amides is 1. The van der Waals surface area contributed by atoms with Gasteiger partial charge in [0.25, 0.3) is 5.91 Å². The quantitative estimate of drug-likeness (QED) is 0.496. The van der Waals surface area contributed by atoms with Gasteiger partial charge in [0.05, 0.1) is 6.04 Å². The summed E-state index contributed by atoms with van der Waals surface area (Å²) in [5, 5.41) is 0. The van der Waals surface area contributed by atoms with E-state index in [1.165, 1.54) is 0 Å². The second-order valence-corrected chi connectivity index (χ2v) is 5.39. The Morgan fingerprint density at radius 3 is 2.41 bits per heavy atom. The first kappa shape index (κ1) is 12.3. The number of hydrogen-bond acceptors (Lipinski definition) is 3. The maximum Gasteiger partial charge on any atom is 0.251 e. The van der Waals surface area contributed by atoms with E-state index in [4.69, 9.17) is 0 Å². The van der Waals surface area contributed by atoms with Gasteiger partial charge in [0.1, 0.15) is 0 Å². The van der Waals surface area contributed by atoms with Gasteiger partial charge < -0.3 is 4.90 Å². The van der Waals surface area contributed by atoms with Crippen molar-refractivity contribution in [1.29, 1.82) is 0 Å². The first-order chi connectivity index (χ1) is 7.93. The Bertz CT molecular complexity index is 389. The largest absolute Gasteiger partial charge is 0.333 e. The molecule has 4 heteroatoms. The molecule has 0 radical (unpaired) electrons. The van der Waals surface area contributed by atoms with Crippen LogP contribution in [0.15, 0.2) is 12.2 Å². The van der Waals surface area contributed by atoms with E-state index in [1.807, 2.05) is 37.9 Å². The fraction of sp³-hybridized carbons (Fsp3) is 0.692. The van der Waals surface area contributed by atoms with Crippen LogP contribution in [-0.4, -0.2) is 53.7 Å². The third-order valence-electron chi connectivity index (χ3n) is 4.01. The molecule has 0 saturated carbocycles. The van der Waals surface area contributed by atoms with Gasteiger partial charge in [0.15, 0.2) is 11.3 Å². The van der Waals surface area contributed by atoms with Crippen LogP contribution in [0.2, 0.25) is 0 Å². The third-order valence-corrected chi connectivity index (χ3v) is 4.01. The molecule has 4 nitrogen and oxygen atoms in total. The lowest BCUT2D eigenvalue weighted by atomic mass is 9.84. The number of carbonyl (C=O) groups is 2. The first-order valence-corrected chi connectivity index (χ1v) is 6.10. The second kappa shape index (κ2) is 3.95. The van der Waals surface area contributed by atoms with Crippen molar-refractivity contribution >= 4 is 11.7 Å². The molecule has 2 heterocycles. The third kappa shape index (κ3) is 1.47. The molecule has 2 atom stereocenters. The Balaban J connectivity index is 2.45. The zero-order valence-corrected chi connectivity index (χ0v) is 10.9. The van der Waals surface area contributed by atoms with Gasteiger partial charge in [0.2, 0.25) is 0 Å². The van der Waals surface area contributed by atoms with Crippen LogP contribution in [0, 0.1) is 5.92 Å². The van der Waals surface area contributed by atoms with Gasteiger partial charge in [-0.15, -0.1) is 0 Å². The van der Waals surface area contributed by atoms with Crippen molar-refractivity contribution in [3.63, 3.8) is 0 Å². The smallest absolute Gasteiger partial charge is 0.251 e. The van der Waals surface area contributed by atoms with Crippen molar-refractivity contribution in [2.24, 2.45) is 5.92 Å². The van der Waals surface area contributed by atoms with Gasteiger partial charge in [-0.25, -0.2) is 0 Å². The lowest BCUT2D eigenvalue weighted by Gasteiger charge is -2.36. The van der Waals surface area contributed by atoms with Gasteiger partial charge >= 0.3 is 0 Å². The van der Waals surface area contributed by atoms with E-state index < -0.39 is 5.54 Å². The topological polar surface area (TPSA) is 40.6 Å². The highest BCUT2D eigenvalue weighted by molar-refractivity contribution is 6.18. The lowest BCUT2D eigenvalue weighted by molar-refractivity contribution is -0.140. The fourth-order valence-electron chi connectivity index (χ4n) is 3.03. The van der Waals surface area contributed by atoms with E-state index >= 15 is 0 Å².